The summed E-state index contributed by atoms with van der Waals surface area (Å²) in [6.07, 6.45) is 19.3. The van der Waals surface area contributed by atoms with Gasteiger partial charge in [0, 0.05) is 30.1 Å². The van der Waals surface area contributed by atoms with Gasteiger partial charge in [-0.15, -0.1) is 12.3 Å². The van der Waals surface area contributed by atoms with Crippen LogP contribution in [0.5, 0.6) is 5.88 Å². The van der Waals surface area contributed by atoms with E-state index in [1.807, 2.05) is 38.1 Å². The number of aromatic carboxylic acids is 1. The third kappa shape index (κ3) is 10.7. The number of alkyl halides is 2. The molecule has 304 valence electrons. The van der Waals surface area contributed by atoms with Crippen molar-refractivity contribution >= 4 is 28.2 Å². The number of ether oxygens (including phenoxy) is 1. The summed E-state index contributed by atoms with van der Waals surface area (Å²) in [7, 11) is -4.28. The molecule has 4 atom stereocenters. The summed E-state index contributed by atoms with van der Waals surface area (Å²) >= 11 is 0. The first-order chi connectivity index (χ1) is 26.7. The molecule has 2 aliphatic heterocycles. The molecule has 58 heavy (non-hydrogen) atoms. The van der Waals surface area contributed by atoms with Crippen LogP contribution in [0.2, 0.25) is 0 Å². The van der Waals surface area contributed by atoms with Crippen molar-refractivity contribution in [2.24, 2.45) is 22.2 Å². The quantitative estimate of drug-likeness (QED) is 0.142. The molecule has 3 fully saturated rings. The molecule has 1 aromatic heterocycles. The molecule has 0 spiro atoms. The Morgan fingerprint density at radius 3 is 2.47 bits per heavy atom. The zero-order chi connectivity index (χ0) is 39.7. The smallest absolute Gasteiger partial charge is 0.478 e. The molecule has 4 aliphatic rings. The average molecular weight is 806 g/mol. The zero-order valence-electron chi connectivity index (χ0n) is 33.8. The van der Waals surface area contributed by atoms with Crippen LogP contribution in [0.15, 0.2) is 87.9 Å². The first-order valence-electron chi connectivity index (χ1n) is 19.3. The van der Waals surface area contributed by atoms with Crippen LogP contribution in [-0.2, 0) is 10.0 Å². The van der Waals surface area contributed by atoms with E-state index in [4.69, 9.17) is 9.73 Å². The van der Waals surface area contributed by atoms with Crippen molar-refractivity contribution < 1.29 is 50.7 Å². The number of rotatable bonds is 13. The van der Waals surface area contributed by atoms with Gasteiger partial charge in [-0.05, 0) is 91.8 Å². The molecular formula is C44H50F2LiN5O5S-2. The van der Waals surface area contributed by atoms with Crippen LogP contribution in [-0.4, -0.2) is 60.3 Å². The number of halogens is 2. The first-order valence-corrected chi connectivity index (χ1v) is 20.7. The molecule has 0 amide bonds. The van der Waals surface area contributed by atoms with E-state index in [1.54, 1.807) is 12.1 Å². The molecule has 1 unspecified atom stereocenters. The number of aromatic nitrogens is 2. The number of nitrogens with one attached hydrogen (secondary N) is 2. The summed E-state index contributed by atoms with van der Waals surface area (Å²) < 4.78 is 63.7. The number of carboxylic acid groups (broad SMARTS) is 1. The molecule has 0 radical (unpaired) electrons. The van der Waals surface area contributed by atoms with Gasteiger partial charge in [0.15, 0.2) is 0 Å². The monoisotopic (exact) mass is 805 g/mol. The van der Waals surface area contributed by atoms with Gasteiger partial charge >= 0.3 is 24.8 Å². The van der Waals surface area contributed by atoms with E-state index in [9.17, 15) is 27.1 Å². The molecule has 7 rings (SSSR count). The second-order valence-corrected chi connectivity index (χ2v) is 17.4. The van der Waals surface area contributed by atoms with Gasteiger partial charge in [-0.1, -0.05) is 56.9 Å². The van der Waals surface area contributed by atoms with Crippen molar-refractivity contribution in [1.29, 1.82) is 0 Å². The number of hydrogen-bond donors (Lipinski definition) is 3. The molecule has 2 aliphatic carbocycles. The van der Waals surface area contributed by atoms with Crippen LogP contribution < -0.4 is 33.6 Å². The summed E-state index contributed by atoms with van der Waals surface area (Å²) in [6, 6.07) is 12.5. The predicted octanol–water partition coefficient (Wildman–Crippen LogP) is 5.98. The topological polar surface area (TPSA) is 143 Å². The molecule has 2 aromatic carbocycles. The number of anilines is 1. The fraction of sp³-hybridized carbons (Fsp3) is 0.432. The fourth-order valence-electron chi connectivity index (χ4n) is 7.58. The van der Waals surface area contributed by atoms with Gasteiger partial charge in [-0.3, -0.25) is 5.57 Å². The Morgan fingerprint density at radius 1 is 1.07 bits per heavy atom. The van der Waals surface area contributed by atoms with Crippen LogP contribution in [0, 0.1) is 44.6 Å². The van der Waals surface area contributed by atoms with Crippen molar-refractivity contribution in [2.45, 2.75) is 101 Å². The van der Waals surface area contributed by atoms with E-state index < -0.39 is 27.3 Å². The Bertz CT molecular complexity index is 2200. The molecule has 10 nitrogen and oxygen atoms in total. The Hall–Kier alpha value is -4.15. The van der Waals surface area contributed by atoms with Gasteiger partial charge in [0.2, 0.25) is 17.8 Å². The Kier molecular flexibility index (Phi) is 14.3. The average Bonchev–Trinajstić information content (AvgIpc) is 4.05. The number of aliphatic imine (C=N–C) groups is 1. The number of carboxylic acids is 1. The molecule has 3 N–H and O–H groups in total. The maximum Gasteiger partial charge on any atom is 1.00 e. The first kappa shape index (κ1) is 44.9. The molecule has 1 saturated heterocycles. The van der Waals surface area contributed by atoms with Crippen LogP contribution in [0.1, 0.15) is 86.2 Å². The number of benzene rings is 2. The van der Waals surface area contributed by atoms with E-state index in [0.29, 0.717) is 23.1 Å². The Labute approximate surface area is 353 Å². The molecule has 14 heteroatoms. The summed E-state index contributed by atoms with van der Waals surface area (Å²) in [5, 5.41) is 13.3. The van der Waals surface area contributed by atoms with Gasteiger partial charge < -0.3 is 39.7 Å². The summed E-state index contributed by atoms with van der Waals surface area (Å²) in [5.41, 5.74) is 3.25. The van der Waals surface area contributed by atoms with Crippen LogP contribution >= 0.6 is 0 Å². The second kappa shape index (κ2) is 18.4. The zero-order valence-corrected chi connectivity index (χ0v) is 34.6. The van der Waals surface area contributed by atoms with Crippen molar-refractivity contribution in [3.05, 3.63) is 108 Å². The summed E-state index contributed by atoms with van der Waals surface area (Å²) in [5.74, 6) is -3.00. The third-order valence-corrected chi connectivity index (χ3v) is 12.5. The minimum Gasteiger partial charge on any atom is -0.478 e. The standard InChI is InChI=1S/C43H47F2N5O5S.CH3.Li/c1-27-9-6-10-28(2)39(27)36-23-38(49-41(48-36)50-56(53,54)33-14-7-13-32(22-33)40(51)52)55-25-37-31(21-29-17-18-29)12-8-16-35(47-37)34-15-5-4-11-30(24-46-34)19-20-42(3)26-43(42,44)45;;/h6-7,9-11,13-15,19,22-23,29,31,35,37,47H,4-5,8,12,16-18,21,25-26H2,1-3H3,(H,51,52)(H,48,49,50);1H3;/q-2;-1;+1/b30-11-,34-15-;;/t31-,35-,37-,42?;;/m0../s1. The van der Waals surface area contributed by atoms with Crippen molar-refractivity contribution in [3.8, 4) is 17.1 Å². The molecule has 3 heterocycles. The van der Waals surface area contributed by atoms with Gasteiger partial charge in [0.05, 0.1) is 16.2 Å². The number of allylic oxidation sites excluding steroid dienone is 5. The number of nitrogens with zero attached hydrogens (tertiary/aromatic N) is 3. The molecule has 0 bridgehead atoms. The number of sulfonamides is 1. The van der Waals surface area contributed by atoms with E-state index >= 15 is 0 Å². The van der Waals surface area contributed by atoms with Gasteiger partial charge in [-0.2, -0.15) is 4.98 Å². The van der Waals surface area contributed by atoms with Crippen molar-refractivity contribution in [2.75, 3.05) is 11.3 Å². The third-order valence-electron chi connectivity index (χ3n) is 11.2. The van der Waals surface area contributed by atoms with E-state index in [1.165, 1.54) is 38.0 Å². The van der Waals surface area contributed by atoms with Gasteiger partial charge in [0.1, 0.15) is 6.61 Å². The normalized spacial score (nSPS) is 26.5. The van der Waals surface area contributed by atoms with Crippen molar-refractivity contribution in [3.63, 3.8) is 0 Å². The second-order valence-electron chi connectivity index (χ2n) is 15.7. The number of carbonyl (C=O) groups is 1. The number of hydrogen-bond acceptors (Lipinski definition) is 8. The van der Waals surface area contributed by atoms with Crippen molar-refractivity contribution in [1.82, 2.24) is 15.3 Å². The van der Waals surface area contributed by atoms with E-state index in [0.717, 1.165) is 67.0 Å². The minimum absolute atomic E-state index is 0. The Balaban J connectivity index is 0.00000320. The molecule has 3 aromatic rings. The minimum atomic E-state index is -4.28. The van der Waals surface area contributed by atoms with Crippen LogP contribution in [0.3, 0.4) is 0 Å². The fourth-order valence-corrected chi connectivity index (χ4v) is 8.57. The predicted molar refractivity (Wildman–Crippen MR) is 217 cm³/mol. The Morgan fingerprint density at radius 2 is 1.78 bits per heavy atom. The van der Waals surface area contributed by atoms with Gasteiger partial charge in [0.25, 0.3) is 10.0 Å². The molecular weight excluding hydrogens is 756 g/mol. The maximum absolute atomic E-state index is 13.8. The van der Waals surface area contributed by atoms with Gasteiger partial charge in [-0.25, -0.2) is 37.8 Å². The maximum atomic E-state index is 13.8. The summed E-state index contributed by atoms with van der Waals surface area (Å²) in [6.45, 7) is 5.67. The van der Waals surface area contributed by atoms with Crippen LogP contribution in [0.4, 0.5) is 14.7 Å². The SMILES string of the molecule is Cc1cccc(C)c1-c1cc(OC[C@@H]2N[C@H](C3=C\CC\C=C(C=[C-]C4(C)CC4(F)F)/[C-]=N/3)CCC[C@H]2CC2CC2)nc(NS(=O)(=O)c2cccc(C(=O)O)c2)n1.[CH3-].[Li+]. The van der Waals surface area contributed by atoms with E-state index in [-0.39, 0.29) is 73.7 Å². The molecule has 2 saturated carbocycles. The summed E-state index contributed by atoms with van der Waals surface area (Å²) in [4.78, 5) is 25.2. The largest absolute Gasteiger partial charge is 1.00 e. The number of aryl methyl sites for hydroxylation is 2. The van der Waals surface area contributed by atoms with Crippen LogP contribution in [0.25, 0.3) is 11.3 Å². The van der Waals surface area contributed by atoms with E-state index in [2.05, 4.69) is 38.4 Å².